The van der Waals surface area contributed by atoms with Crippen molar-refractivity contribution in [1.82, 2.24) is 9.61 Å². The molecule has 0 aliphatic heterocycles. The SMILES string of the molecule is CC(=O)c1c(C)nn2c(N)c(C#N)c(-c3ccc(F)cc3)cc12. The molecule has 114 valence electrons. The zero-order valence-electron chi connectivity index (χ0n) is 12.6. The van der Waals surface area contributed by atoms with Gasteiger partial charge in [-0.25, -0.2) is 8.91 Å². The molecule has 0 atom stereocenters. The van der Waals surface area contributed by atoms with Crippen LogP contribution in [0.1, 0.15) is 28.5 Å². The minimum atomic E-state index is -0.370. The van der Waals surface area contributed by atoms with Crippen LogP contribution < -0.4 is 5.73 Å². The Kier molecular flexibility index (Phi) is 3.34. The van der Waals surface area contributed by atoms with Crippen LogP contribution in [-0.4, -0.2) is 15.4 Å². The second kappa shape index (κ2) is 5.21. The number of fused-ring (bicyclic) bond motifs is 1. The van der Waals surface area contributed by atoms with Gasteiger partial charge < -0.3 is 5.73 Å². The number of anilines is 1. The summed E-state index contributed by atoms with van der Waals surface area (Å²) in [6.45, 7) is 3.17. The first-order valence-corrected chi connectivity index (χ1v) is 6.92. The van der Waals surface area contributed by atoms with E-state index < -0.39 is 0 Å². The summed E-state index contributed by atoms with van der Waals surface area (Å²) in [6.07, 6.45) is 0. The fourth-order valence-electron chi connectivity index (χ4n) is 2.72. The van der Waals surface area contributed by atoms with Crippen molar-refractivity contribution in [2.75, 3.05) is 5.73 Å². The number of hydrogen-bond donors (Lipinski definition) is 1. The molecule has 0 saturated carbocycles. The Morgan fingerprint density at radius 1 is 1.35 bits per heavy atom. The summed E-state index contributed by atoms with van der Waals surface area (Å²) >= 11 is 0. The molecule has 23 heavy (non-hydrogen) atoms. The third-order valence-electron chi connectivity index (χ3n) is 3.75. The van der Waals surface area contributed by atoms with Crippen molar-refractivity contribution in [2.45, 2.75) is 13.8 Å². The van der Waals surface area contributed by atoms with Crippen LogP contribution in [0.2, 0.25) is 0 Å². The van der Waals surface area contributed by atoms with Crippen molar-refractivity contribution in [3.8, 4) is 17.2 Å². The minimum absolute atomic E-state index is 0.133. The highest BCUT2D eigenvalue weighted by atomic mass is 19.1. The fraction of sp³-hybridized carbons (Fsp3) is 0.118. The molecule has 2 aromatic heterocycles. The highest BCUT2D eigenvalue weighted by Crippen LogP contribution is 2.31. The highest BCUT2D eigenvalue weighted by molar-refractivity contribution is 6.03. The van der Waals surface area contributed by atoms with Crippen LogP contribution in [0, 0.1) is 24.1 Å². The molecule has 6 heteroatoms. The minimum Gasteiger partial charge on any atom is -0.383 e. The van der Waals surface area contributed by atoms with Gasteiger partial charge in [0.1, 0.15) is 23.3 Å². The van der Waals surface area contributed by atoms with Gasteiger partial charge in [0.15, 0.2) is 5.78 Å². The average Bonchev–Trinajstić information content (AvgIpc) is 2.84. The van der Waals surface area contributed by atoms with Gasteiger partial charge in [-0.3, -0.25) is 4.79 Å². The molecule has 0 unspecified atom stereocenters. The number of nitrogen functional groups attached to an aromatic ring is 1. The van der Waals surface area contributed by atoms with E-state index in [0.717, 1.165) is 0 Å². The number of benzene rings is 1. The predicted octanol–water partition coefficient (Wildman–Crippen LogP) is 3.11. The van der Waals surface area contributed by atoms with Crippen molar-refractivity contribution in [3.63, 3.8) is 0 Å². The van der Waals surface area contributed by atoms with E-state index in [4.69, 9.17) is 5.73 Å². The van der Waals surface area contributed by atoms with Crippen LogP contribution in [0.25, 0.3) is 16.6 Å². The number of nitriles is 1. The molecule has 2 N–H and O–H groups in total. The van der Waals surface area contributed by atoms with Gasteiger partial charge in [-0.1, -0.05) is 12.1 Å². The molecule has 0 spiro atoms. The fourth-order valence-corrected chi connectivity index (χ4v) is 2.72. The Hall–Kier alpha value is -3.20. The number of Topliss-reactive ketones (excluding diaryl/α,β-unsaturated/α-hetero) is 1. The second-order valence-electron chi connectivity index (χ2n) is 5.25. The Morgan fingerprint density at radius 2 is 2.00 bits per heavy atom. The molecule has 1 aromatic carbocycles. The number of ketones is 1. The van der Waals surface area contributed by atoms with Crippen LogP contribution in [0.3, 0.4) is 0 Å². The zero-order chi connectivity index (χ0) is 16.7. The number of aromatic nitrogens is 2. The second-order valence-corrected chi connectivity index (χ2v) is 5.25. The van der Waals surface area contributed by atoms with E-state index in [1.165, 1.54) is 23.6 Å². The van der Waals surface area contributed by atoms with Gasteiger partial charge in [-0.2, -0.15) is 10.4 Å². The summed E-state index contributed by atoms with van der Waals surface area (Å²) in [7, 11) is 0. The molecule has 0 aliphatic rings. The number of hydrogen-bond acceptors (Lipinski definition) is 4. The summed E-state index contributed by atoms with van der Waals surface area (Å²) in [5.74, 6) is -0.350. The van der Waals surface area contributed by atoms with E-state index in [9.17, 15) is 14.4 Å². The summed E-state index contributed by atoms with van der Waals surface area (Å²) in [6, 6.07) is 9.51. The van der Waals surface area contributed by atoms with Crippen molar-refractivity contribution in [3.05, 3.63) is 53.0 Å². The topological polar surface area (TPSA) is 84.2 Å². The van der Waals surface area contributed by atoms with E-state index in [0.29, 0.717) is 27.9 Å². The number of pyridine rings is 1. The number of aryl methyl sites for hydroxylation is 1. The quantitative estimate of drug-likeness (QED) is 0.737. The van der Waals surface area contributed by atoms with Gasteiger partial charge in [0.05, 0.1) is 16.8 Å². The first-order valence-electron chi connectivity index (χ1n) is 6.92. The normalized spacial score (nSPS) is 10.7. The number of carbonyl (C=O) groups is 1. The summed E-state index contributed by atoms with van der Waals surface area (Å²) in [4.78, 5) is 11.9. The van der Waals surface area contributed by atoms with Crippen LogP contribution in [0.15, 0.2) is 30.3 Å². The zero-order valence-corrected chi connectivity index (χ0v) is 12.6. The molecular weight excluding hydrogens is 295 g/mol. The maximum absolute atomic E-state index is 13.1. The summed E-state index contributed by atoms with van der Waals surface area (Å²) in [5, 5.41) is 13.7. The van der Waals surface area contributed by atoms with Gasteiger partial charge in [0.2, 0.25) is 0 Å². The maximum atomic E-state index is 13.1. The van der Waals surface area contributed by atoms with Crippen LogP contribution in [0.4, 0.5) is 10.2 Å². The lowest BCUT2D eigenvalue weighted by Gasteiger charge is -2.09. The average molecular weight is 308 g/mol. The van der Waals surface area contributed by atoms with Crippen molar-refractivity contribution >= 4 is 17.1 Å². The van der Waals surface area contributed by atoms with E-state index in [1.807, 2.05) is 0 Å². The molecule has 2 heterocycles. The standard InChI is InChI=1S/C17H13FN4O/c1-9-16(10(2)23)15-7-13(11-3-5-12(18)6-4-11)14(8-19)17(20)22(15)21-9/h3-7H,20H2,1-2H3. The van der Waals surface area contributed by atoms with Crippen LogP contribution >= 0.6 is 0 Å². The number of halogens is 1. The maximum Gasteiger partial charge on any atom is 0.163 e. The number of nitrogens with two attached hydrogens (primary N) is 1. The highest BCUT2D eigenvalue weighted by Gasteiger charge is 2.20. The van der Waals surface area contributed by atoms with Crippen molar-refractivity contribution < 1.29 is 9.18 Å². The van der Waals surface area contributed by atoms with Crippen molar-refractivity contribution in [1.29, 1.82) is 5.26 Å². The first kappa shape index (κ1) is 14.7. The van der Waals surface area contributed by atoms with Crippen molar-refractivity contribution in [2.24, 2.45) is 0 Å². The van der Waals surface area contributed by atoms with Crippen LogP contribution in [0.5, 0.6) is 0 Å². The molecule has 0 fully saturated rings. The first-order chi connectivity index (χ1) is 10.9. The third kappa shape index (κ3) is 2.23. The monoisotopic (exact) mass is 308 g/mol. The lowest BCUT2D eigenvalue weighted by molar-refractivity contribution is 0.101. The molecule has 0 aliphatic carbocycles. The smallest absolute Gasteiger partial charge is 0.163 e. The van der Waals surface area contributed by atoms with Gasteiger partial charge in [-0.05, 0) is 37.6 Å². The Morgan fingerprint density at radius 3 is 2.57 bits per heavy atom. The summed E-state index contributed by atoms with van der Waals surface area (Å²) in [5.41, 5.74) is 9.04. The van der Waals surface area contributed by atoms with E-state index in [-0.39, 0.29) is 23.0 Å². The lowest BCUT2D eigenvalue weighted by Crippen LogP contribution is -2.04. The summed E-state index contributed by atoms with van der Waals surface area (Å²) < 4.78 is 14.5. The number of rotatable bonds is 2. The lowest BCUT2D eigenvalue weighted by atomic mass is 9.99. The Balaban J connectivity index is 2.42. The van der Waals surface area contributed by atoms with Gasteiger partial charge in [0.25, 0.3) is 0 Å². The van der Waals surface area contributed by atoms with E-state index >= 15 is 0 Å². The Labute approximate surface area is 131 Å². The molecule has 3 rings (SSSR count). The van der Waals surface area contributed by atoms with Gasteiger partial charge in [-0.15, -0.1) is 0 Å². The Bertz CT molecular complexity index is 981. The molecule has 5 nitrogen and oxygen atoms in total. The predicted molar refractivity (Wildman–Crippen MR) is 84.5 cm³/mol. The van der Waals surface area contributed by atoms with E-state index in [1.54, 1.807) is 25.1 Å². The molecule has 3 aromatic rings. The van der Waals surface area contributed by atoms with E-state index in [2.05, 4.69) is 11.2 Å². The largest absolute Gasteiger partial charge is 0.383 e. The van der Waals surface area contributed by atoms with Crippen LogP contribution in [-0.2, 0) is 0 Å². The molecule has 0 bridgehead atoms. The molecule has 0 amide bonds. The van der Waals surface area contributed by atoms with Gasteiger partial charge >= 0.3 is 0 Å². The molecule has 0 radical (unpaired) electrons. The third-order valence-corrected chi connectivity index (χ3v) is 3.75. The molecular formula is C17H13FN4O. The number of carbonyl (C=O) groups excluding carboxylic acids is 1. The number of nitrogens with zero attached hydrogens (tertiary/aromatic N) is 3. The molecule has 0 saturated heterocycles. The van der Waals surface area contributed by atoms with Gasteiger partial charge in [0, 0.05) is 5.56 Å².